The first-order valence-electron chi connectivity index (χ1n) is 14.0. The first kappa shape index (κ1) is 29.7. The Kier molecular flexibility index (Phi) is 8.05. The Morgan fingerprint density at radius 3 is 2.41 bits per heavy atom. The van der Waals surface area contributed by atoms with Crippen LogP contribution in [0.2, 0.25) is 0 Å². The number of carboxylic acids is 1. The van der Waals surface area contributed by atoms with Crippen molar-refractivity contribution in [3.63, 3.8) is 0 Å². The summed E-state index contributed by atoms with van der Waals surface area (Å²) in [7, 11) is 0. The SMILES string of the molecule is C=CCN(C(=O)C1N([C@@H](CO)Cc2ccccc2)C(=O)[C@@H]2[C@@H](C(=O)O)[C@H]3CC(C)C12S3)C(C)(C)CC(C)(C)C. The van der Waals surface area contributed by atoms with E-state index in [1.807, 2.05) is 49.1 Å². The predicted molar refractivity (Wildman–Crippen MR) is 154 cm³/mol. The second-order valence-electron chi connectivity index (χ2n) is 13.4. The molecule has 8 heteroatoms. The average molecular weight is 557 g/mol. The Balaban J connectivity index is 1.85. The molecule has 0 radical (unpaired) electrons. The Morgan fingerprint density at radius 1 is 1.23 bits per heavy atom. The molecule has 0 aliphatic carbocycles. The molecular formula is C31H44N2O5S. The number of amides is 2. The van der Waals surface area contributed by atoms with Gasteiger partial charge in [-0.3, -0.25) is 14.4 Å². The number of carbonyl (C=O) groups is 3. The van der Waals surface area contributed by atoms with E-state index in [-0.39, 0.29) is 35.0 Å². The van der Waals surface area contributed by atoms with Crippen LogP contribution in [0.25, 0.3) is 0 Å². The molecule has 3 aliphatic rings. The highest BCUT2D eigenvalue weighted by atomic mass is 32.2. The normalized spacial score (nSPS) is 30.8. The molecule has 0 saturated carbocycles. The van der Waals surface area contributed by atoms with E-state index in [0.717, 1.165) is 12.0 Å². The Morgan fingerprint density at radius 2 is 1.87 bits per heavy atom. The molecule has 2 amide bonds. The Bertz CT molecular complexity index is 1120. The summed E-state index contributed by atoms with van der Waals surface area (Å²) in [5.74, 6) is -3.15. The fourth-order valence-corrected chi connectivity index (χ4v) is 10.3. The number of fused-ring (bicyclic) bond motifs is 1. The number of benzene rings is 1. The number of carbonyl (C=O) groups excluding carboxylic acids is 2. The molecule has 39 heavy (non-hydrogen) atoms. The molecule has 214 valence electrons. The maximum atomic E-state index is 14.9. The molecule has 3 fully saturated rings. The molecule has 1 aromatic rings. The van der Waals surface area contributed by atoms with E-state index in [0.29, 0.717) is 19.4 Å². The molecule has 2 N–H and O–H groups in total. The fourth-order valence-electron chi connectivity index (χ4n) is 7.86. The van der Waals surface area contributed by atoms with Crippen molar-refractivity contribution in [2.24, 2.45) is 23.2 Å². The molecule has 7 nitrogen and oxygen atoms in total. The zero-order valence-corrected chi connectivity index (χ0v) is 24.9. The van der Waals surface area contributed by atoms with Gasteiger partial charge in [0.2, 0.25) is 11.8 Å². The molecule has 1 aromatic carbocycles. The lowest BCUT2D eigenvalue weighted by molar-refractivity contribution is -0.150. The Hall–Kier alpha value is -2.32. The summed E-state index contributed by atoms with van der Waals surface area (Å²) in [4.78, 5) is 45.2. The van der Waals surface area contributed by atoms with Crippen LogP contribution in [0.4, 0.5) is 0 Å². The van der Waals surface area contributed by atoms with Gasteiger partial charge in [-0.2, -0.15) is 0 Å². The van der Waals surface area contributed by atoms with Crippen molar-refractivity contribution in [3.05, 3.63) is 48.6 Å². The summed E-state index contributed by atoms with van der Waals surface area (Å²) < 4.78 is -0.858. The zero-order valence-electron chi connectivity index (χ0n) is 24.1. The summed E-state index contributed by atoms with van der Waals surface area (Å²) >= 11 is 1.53. The second-order valence-corrected chi connectivity index (χ2v) is 15.0. The van der Waals surface area contributed by atoms with Crippen molar-refractivity contribution in [1.29, 1.82) is 0 Å². The molecule has 3 saturated heterocycles. The van der Waals surface area contributed by atoms with Gasteiger partial charge >= 0.3 is 5.97 Å². The van der Waals surface area contributed by atoms with Gasteiger partial charge in [0.05, 0.1) is 29.2 Å². The second kappa shape index (κ2) is 10.6. The third-order valence-electron chi connectivity index (χ3n) is 8.89. The van der Waals surface area contributed by atoms with Gasteiger partial charge in [-0.15, -0.1) is 18.3 Å². The largest absolute Gasteiger partial charge is 0.481 e. The minimum absolute atomic E-state index is 0.0247. The lowest BCUT2D eigenvalue weighted by atomic mass is 9.66. The molecule has 3 unspecified atom stereocenters. The molecule has 7 atom stereocenters. The molecular weight excluding hydrogens is 512 g/mol. The summed E-state index contributed by atoms with van der Waals surface area (Å²) in [6.07, 6.45) is 3.48. The first-order chi connectivity index (χ1) is 18.2. The molecule has 4 rings (SSSR count). The van der Waals surface area contributed by atoms with Crippen LogP contribution in [0.5, 0.6) is 0 Å². The van der Waals surface area contributed by atoms with Crippen LogP contribution in [-0.2, 0) is 20.8 Å². The number of aliphatic carboxylic acids is 1. The van der Waals surface area contributed by atoms with Crippen molar-refractivity contribution in [1.82, 2.24) is 9.80 Å². The van der Waals surface area contributed by atoms with Crippen molar-refractivity contribution in [2.75, 3.05) is 13.2 Å². The van der Waals surface area contributed by atoms with Crippen LogP contribution in [0.3, 0.4) is 0 Å². The number of nitrogens with zero attached hydrogens (tertiary/aromatic N) is 2. The molecule has 3 heterocycles. The van der Waals surface area contributed by atoms with Crippen LogP contribution in [0, 0.1) is 23.2 Å². The van der Waals surface area contributed by atoms with Crippen LogP contribution in [0.15, 0.2) is 43.0 Å². The smallest absolute Gasteiger partial charge is 0.308 e. The zero-order chi connectivity index (χ0) is 28.9. The quantitative estimate of drug-likeness (QED) is 0.419. The number of likely N-dealkylation sites (tertiary alicyclic amines) is 1. The predicted octanol–water partition coefficient (Wildman–Crippen LogP) is 4.24. The van der Waals surface area contributed by atoms with Crippen LogP contribution >= 0.6 is 11.8 Å². The van der Waals surface area contributed by atoms with E-state index in [2.05, 4.69) is 34.3 Å². The summed E-state index contributed by atoms with van der Waals surface area (Å²) in [6.45, 7) is 16.5. The number of carboxylic acid groups (broad SMARTS) is 1. The summed E-state index contributed by atoms with van der Waals surface area (Å²) in [5, 5.41) is 20.7. The Labute approximate surface area is 237 Å². The maximum absolute atomic E-state index is 14.9. The molecule has 1 spiro atoms. The van der Waals surface area contributed by atoms with Gasteiger partial charge in [-0.1, -0.05) is 64.1 Å². The highest BCUT2D eigenvalue weighted by Gasteiger charge is 2.77. The number of aliphatic hydroxyl groups excluding tert-OH is 1. The van der Waals surface area contributed by atoms with Crippen molar-refractivity contribution >= 4 is 29.5 Å². The van der Waals surface area contributed by atoms with E-state index in [4.69, 9.17) is 0 Å². The van der Waals surface area contributed by atoms with E-state index in [1.165, 1.54) is 11.8 Å². The minimum atomic E-state index is -0.979. The van der Waals surface area contributed by atoms with E-state index >= 15 is 0 Å². The van der Waals surface area contributed by atoms with Crippen molar-refractivity contribution < 1.29 is 24.6 Å². The minimum Gasteiger partial charge on any atom is -0.481 e. The number of thioether (sulfide) groups is 1. The standard InChI is InChI=1S/C31H44N2O5S/c1-8-14-32(30(6,7)18-29(3,4)5)27(36)25-31-19(2)15-22(39-31)23(28(37)38)24(31)26(35)33(25)21(17-34)16-20-12-10-9-11-13-20/h8-13,19,21-25,34H,1,14-18H2,2-7H3,(H,37,38)/t19?,21-,22-,23+,24+,25?,31?/m1/s1. The van der Waals surface area contributed by atoms with E-state index in [1.54, 1.807) is 11.0 Å². The monoisotopic (exact) mass is 556 g/mol. The lowest BCUT2D eigenvalue weighted by Crippen LogP contribution is -2.63. The van der Waals surface area contributed by atoms with Gasteiger partial charge in [-0.25, -0.2) is 0 Å². The van der Waals surface area contributed by atoms with Crippen LogP contribution < -0.4 is 0 Å². The number of hydrogen-bond acceptors (Lipinski definition) is 5. The van der Waals surface area contributed by atoms with Gasteiger partial charge in [0.25, 0.3) is 0 Å². The molecule has 2 bridgehead atoms. The first-order valence-corrected chi connectivity index (χ1v) is 14.9. The maximum Gasteiger partial charge on any atom is 0.308 e. The van der Waals surface area contributed by atoms with Crippen molar-refractivity contribution in [2.45, 2.75) is 88.4 Å². The third-order valence-corrected chi connectivity index (χ3v) is 11.0. The highest BCUT2D eigenvalue weighted by molar-refractivity contribution is 8.02. The summed E-state index contributed by atoms with van der Waals surface area (Å²) in [6, 6.07) is 8.10. The number of rotatable bonds is 10. The topological polar surface area (TPSA) is 98.2 Å². The van der Waals surface area contributed by atoms with Crippen LogP contribution in [-0.4, -0.2) is 78.6 Å². The average Bonchev–Trinajstić information content (AvgIpc) is 3.43. The molecule has 0 aromatic heterocycles. The van der Waals surface area contributed by atoms with Gasteiger partial charge in [0.1, 0.15) is 6.04 Å². The van der Waals surface area contributed by atoms with Gasteiger partial charge in [0.15, 0.2) is 0 Å². The van der Waals surface area contributed by atoms with E-state index in [9.17, 15) is 24.6 Å². The molecule has 3 aliphatic heterocycles. The third kappa shape index (κ3) is 5.03. The summed E-state index contributed by atoms with van der Waals surface area (Å²) in [5.41, 5.74) is 0.344. The van der Waals surface area contributed by atoms with Gasteiger partial charge in [-0.05, 0) is 50.0 Å². The fraction of sp³-hybridized carbons (Fsp3) is 0.645. The number of aliphatic hydroxyl groups is 1. The van der Waals surface area contributed by atoms with Gasteiger partial charge in [0, 0.05) is 17.3 Å². The van der Waals surface area contributed by atoms with E-state index < -0.39 is 40.2 Å². The van der Waals surface area contributed by atoms with Crippen LogP contribution in [0.1, 0.15) is 59.9 Å². The van der Waals surface area contributed by atoms with Gasteiger partial charge < -0.3 is 20.0 Å². The van der Waals surface area contributed by atoms with Crippen molar-refractivity contribution in [3.8, 4) is 0 Å². The lowest BCUT2D eigenvalue weighted by Gasteiger charge is -2.47. The number of hydrogen-bond donors (Lipinski definition) is 2. The highest BCUT2D eigenvalue weighted by Crippen LogP contribution is 2.69.